The van der Waals surface area contributed by atoms with Gasteiger partial charge in [-0.25, -0.2) is 4.79 Å². The number of halogens is 1. The highest BCUT2D eigenvalue weighted by molar-refractivity contribution is 9.09. The molecule has 0 heterocycles. The number of rotatable bonds is 3. The molecular formula is C10H11BrO2. The van der Waals surface area contributed by atoms with Gasteiger partial charge < -0.3 is 5.11 Å². The Balaban J connectivity index is 2.85. The van der Waals surface area contributed by atoms with Gasteiger partial charge >= 0.3 is 5.97 Å². The van der Waals surface area contributed by atoms with Crippen molar-refractivity contribution in [3.8, 4) is 0 Å². The van der Waals surface area contributed by atoms with Gasteiger partial charge in [-0.2, -0.15) is 0 Å². The first-order chi connectivity index (χ1) is 6.09. The molecule has 1 rings (SSSR count). The predicted octanol–water partition coefficient (Wildman–Crippen LogP) is 2.71. The summed E-state index contributed by atoms with van der Waals surface area (Å²) in [6.07, 6.45) is 0.848. The zero-order valence-corrected chi connectivity index (χ0v) is 8.91. The van der Waals surface area contributed by atoms with Crippen LogP contribution in [0.5, 0.6) is 0 Å². The van der Waals surface area contributed by atoms with Crippen LogP contribution in [-0.4, -0.2) is 15.9 Å². The Kier molecular flexibility index (Phi) is 3.48. The molecule has 0 saturated carbocycles. The van der Waals surface area contributed by atoms with E-state index >= 15 is 0 Å². The summed E-state index contributed by atoms with van der Waals surface area (Å²) < 4.78 is 0. The quantitative estimate of drug-likeness (QED) is 0.828. The van der Waals surface area contributed by atoms with E-state index in [1.165, 1.54) is 0 Å². The second kappa shape index (κ2) is 4.42. The monoisotopic (exact) mass is 242 g/mol. The standard InChI is InChI=1S/C10H11BrO2/c1-7(11)5-8-3-2-4-9(6-8)10(12)13/h2-4,6-7H,5H2,1H3,(H,12,13). The zero-order valence-electron chi connectivity index (χ0n) is 7.33. The van der Waals surface area contributed by atoms with Crippen molar-refractivity contribution in [2.45, 2.75) is 18.2 Å². The van der Waals surface area contributed by atoms with Gasteiger partial charge in [-0.15, -0.1) is 0 Å². The van der Waals surface area contributed by atoms with Crippen LogP contribution in [-0.2, 0) is 6.42 Å². The molecule has 70 valence electrons. The van der Waals surface area contributed by atoms with Crippen LogP contribution in [0.25, 0.3) is 0 Å². The molecule has 3 heteroatoms. The van der Waals surface area contributed by atoms with Crippen LogP contribution in [0.1, 0.15) is 22.8 Å². The van der Waals surface area contributed by atoms with Crippen LogP contribution < -0.4 is 0 Å². The van der Waals surface area contributed by atoms with Crippen LogP contribution in [0.15, 0.2) is 24.3 Å². The molecule has 1 aromatic rings. The van der Waals surface area contributed by atoms with E-state index in [9.17, 15) is 4.79 Å². The Morgan fingerprint density at radius 3 is 2.85 bits per heavy atom. The summed E-state index contributed by atoms with van der Waals surface area (Å²) in [5, 5.41) is 8.73. The topological polar surface area (TPSA) is 37.3 Å². The molecule has 0 aliphatic heterocycles. The zero-order chi connectivity index (χ0) is 9.84. The maximum atomic E-state index is 10.6. The lowest BCUT2D eigenvalue weighted by Crippen LogP contribution is -2.00. The van der Waals surface area contributed by atoms with Crippen molar-refractivity contribution in [3.05, 3.63) is 35.4 Å². The maximum Gasteiger partial charge on any atom is 0.335 e. The number of carbonyl (C=O) groups is 1. The molecular weight excluding hydrogens is 232 g/mol. The lowest BCUT2D eigenvalue weighted by atomic mass is 10.1. The Labute approximate surface area is 85.7 Å². The molecule has 0 spiro atoms. The second-order valence-corrected chi connectivity index (χ2v) is 4.55. The summed E-state index contributed by atoms with van der Waals surface area (Å²) >= 11 is 3.43. The van der Waals surface area contributed by atoms with Gasteiger partial charge in [0.1, 0.15) is 0 Å². The van der Waals surface area contributed by atoms with E-state index in [4.69, 9.17) is 5.11 Å². The second-order valence-electron chi connectivity index (χ2n) is 2.99. The molecule has 1 N–H and O–H groups in total. The van der Waals surface area contributed by atoms with Crippen LogP contribution in [0.3, 0.4) is 0 Å². The fraction of sp³-hybridized carbons (Fsp3) is 0.300. The molecule has 0 radical (unpaired) electrons. The summed E-state index contributed by atoms with van der Waals surface area (Å²) in [4.78, 5) is 11.0. The first kappa shape index (κ1) is 10.3. The highest BCUT2D eigenvalue weighted by Gasteiger charge is 2.04. The van der Waals surface area contributed by atoms with Crippen LogP contribution in [0, 0.1) is 0 Å². The predicted molar refractivity (Wildman–Crippen MR) is 55.5 cm³/mol. The number of aromatic carboxylic acids is 1. The van der Waals surface area contributed by atoms with E-state index in [0.717, 1.165) is 12.0 Å². The average Bonchev–Trinajstić information content (AvgIpc) is 2.03. The third-order valence-electron chi connectivity index (χ3n) is 1.69. The van der Waals surface area contributed by atoms with Gasteiger partial charge in [0.05, 0.1) is 5.56 Å². The minimum atomic E-state index is -0.871. The molecule has 13 heavy (non-hydrogen) atoms. The fourth-order valence-electron chi connectivity index (χ4n) is 1.16. The van der Waals surface area contributed by atoms with Crippen LogP contribution >= 0.6 is 15.9 Å². The van der Waals surface area contributed by atoms with E-state index in [1.807, 2.05) is 13.0 Å². The van der Waals surface area contributed by atoms with Gasteiger partial charge in [0.25, 0.3) is 0 Å². The summed E-state index contributed by atoms with van der Waals surface area (Å²) in [5.41, 5.74) is 1.40. The van der Waals surface area contributed by atoms with Crippen LogP contribution in [0.2, 0.25) is 0 Å². The molecule has 0 aromatic heterocycles. The largest absolute Gasteiger partial charge is 0.478 e. The van der Waals surface area contributed by atoms with Gasteiger partial charge in [-0.05, 0) is 24.1 Å². The van der Waals surface area contributed by atoms with Gasteiger partial charge in [0.15, 0.2) is 0 Å². The van der Waals surface area contributed by atoms with E-state index in [2.05, 4.69) is 15.9 Å². The fourth-order valence-corrected chi connectivity index (χ4v) is 1.53. The van der Waals surface area contributed by atoms with E-state index < -0.39 is 5.97 Å². The number of hydrogen-bond donors (Lipinski definition) is 1. The van der Waals surface area contributed by atoms with Crippen molar-refractivity contribution >= 4 is 21.9 Å². The Morgan fingerprint density at radius 1 is 1.62 bits per heavy atom. The molecule has 1 atom stereocenters. The van der Waals surface area contributed by atoms with E-state index in [-0.39, 0.29) is 0 Å². The molecule has 1 unspecified atom stereocenters. The number of carboxylic acid groups (broad SMARTS) is 1. The number of benzene rings is 1. The Morgan fingerprint density at radius 2 is 2.31 bits per heavy atom. The Hall–Kier alpha value is -0.830. The lowest BCUT2D eigenvalue weighted by molar-refractivity contribution is 0.0697. The normalized spacial score (nSPS) is 12.5. The van der Waals surface area contributed by atoms with Gasteiger partial charge in [-0.1, -0.05) is 35.0 Å². The van der Waals surface area contributed by atoms with Crippen molar-refractivity contribution < 1.29 is 9.90 Å². The summed E-state index contributed by atoms with van der Waals surface area (Å²) in [5.74, 6) is -0.871. The SMILES string of the molecule is CC(Br)Cc1cccc(C(=O)O)c1. The molecule has 0 amide bonds. The summed E-state index contributed by atoms with van der Waals surface area (Å²) in [6.45, 7) is 2.04. The Bertz CT molecular complexity index is 308. The highest BCUT2D eigenvalue weighted by Crippen LogP contribution is 2.11. The van der Waals surface area contributed by atoms with Crippen molar-refractivity contribution in [1.29, 1.82) is 0 Å². The molecule has 0 fully saturated rings. The van der Waals surface area contributed by atoms with E-state index in [1.54, 1.807) is 18.2 Å². The number of alkyl halides is 1. The average molecular weight is 243 g/mol. The molecule has 0 bridgehead atoms. The first-order valence-corrected chi connectivity index (χ1v) is 4.97. The van der Waals surface area contributed by atoms with Crippen molar-refractivity contribution in [2.24, 2.45) is 0 Å². The molecule has 0 aliphatic rings. The molecule has 1 aromatic carbocycles. The smallest absolute Gasteiger partial charge is 0.335 e. The van der Waals surface area contributed by atoms with Gasteiger partial charge in [0, 0.05) is 4.83 Å². The van der Waals surface area contributed by atoms with Crippen molar-refractivity contribution in [2.75, 3.05) is 0 Å². The third kappa shape index (κ3) is 3.19. The molecule has 2 nitrogen and oxygen atoms in total. The van der Waals surface area contributed by atoms with E-state index in [0.29, 0.717) is 10.4 Å². The summed E-state index contributed by atoms with van der Waals surface area (Å²) in [7, 11) is 0. The highest BCUT2D eigenvalue weighted by atomic mass is 79.9. The maximum absolute atomic E-state index is 10.6. The minimum Gasteiger partial charge on any atom is -0.478 e. The number of carboxylic acids is 1. The van der Waals surface area contributed by atoms with Crippen molar-refractivity contribution in [3.63, 3.8) is 0 Å². The van der Waals surface area contributed by atoms with Crippen molar-refractivity contribution in [1.82, 2.24) is 0 Å². The van der Waals surface area contributed by atoms with Gasteiger partial charge in [0.2, 0.25) is 0 Å². The third-order valence-corrected chi connectivity index (χ3v) is 2.01. The minimum absolute atomic E-state index is 0.352. The lowest BCUT2D eigenvalue weighted by Gasteiger charge is -2.03. The van der Waals surface area contributed by atoms with Crippen LogP contribution in [0.4, 0.5) is 0 Å². The summed E-state index contributed by atoms with van der Waals surface area (Å²) in [6, 6.07) is 7.02. The molecule has 0 aliphatic carbocycles. The molecule has 0 saturated heterocycles. The van der Waals surface area contributed by atoms with Gasteiger partial charge in [-0.3, -0.25) is 0 Å². The number of hydrogen-bond acceptors (Lipinski definition) is 1. The first-order valence-electron chi connectivity index (χ1n) is 4.06.